The second-order valence-corrected chi connectivity index (χ2v) is 5.92. The molecule has 1 aromatic rings. The standard InChI is InChI=1S/C14H22N6O/c1-4-9-5-15-14(16-6-9)20-7-10-11(8-20)17-18-12(10)13(21)19(2)3/h5-6,10-12,17-18H,4,7-8H2,1-3H3. The number of nitrogens with one attached hydrogen (secondary N) is 2. The molecule has 3 rings (SSSR count). The van der Waals surface area contributed by atoms with Gasteiger partial charge in [0, 0.05) is 51.5 Å². The summed E-state index contributed by atoms with van der Waals surface area (Å²) in [6.45, 7) is 3.70. The molecule has 0 radical (unpaired) electrons. The molecule has 21 heavy (non-hydrogen) atoms. The Hall–Kier alpha value is -1.73. The van der Waals surface area contributed by atoms with Crippen molar-refractivity contribution in [1.82, 2.24) is 25.7 Å². The van der Waals surface area contributed by atoms with Crippen LogP contribution in [-0.2, 0) is 11.2 Å². The summed E-state index contributed by atoms with van der Waals surface area (Å²) in [5.74, 6) is 1.10. The minimum absolute atomic E-state index is 0.110. The van der Waals surface area contributed by atoms with Crippen molar-refractivity contribution >= 4 is 11.9 Å². The Bertz CT molecular complexity index is 517. The fourth-order valence-corrected chi connectivity index (χ4v) is 3.00. The van der Waals surface area contributed by atoms with Crippen molar-refractivity contribution in [2.45, 2.75) is 25.4 Å². The van der Waals surface area contributed by atoms with E-state index in [2.05, 4.69) is 32.6 Å². The summed E-state index contributed by atoms with van der Waals surface area (Å²) in [7, 11) is 3.58. The highest BCUT2D eigenvalue weighted by molar-refractivity contribution is 5.82. The fourth-order valence-electron chi connectivity index (χ4n) is 3.00. The Morgan fingerprint density at radius 2 is 2.05 bits per heavy atom. The molecule has 114 valence electrons. The predicted octanol–water partition coefficient (Wildman–Crippen LogP) is -0.592. The van der Waals surface area contributed by atoms with Gasteiger partial charge in [-0.2, -0.15) is 0 Å². The number of nitrogens with zero attached hydrogens (tertiary/aromatic N) is 4. The van der Waals surface area contributed by atoms with E-state index in [1.807, 2.05) is 12.4 Å². The third-order valence-corrected chi connectivity index (χ3v) is 4.31. The molecule has 1 amide bonds. The maximum absolute atomic E-state index is 12.2. The van der Waals surface area contributed by atoms with Crippen LogP contribution in [-0.4, -0.2) is 60.0 Å². The van der Waals surface area contributed by atoms with E-state index >= 15 is 0 Å². The highest BCUT2D eigenvalue weighted by Crippen LogP contribution is 2.27. The number of rotatable bonds is 3. The van der Waals surface area contributed by atoms with E-state index in [-0.39, 0.29) is 23.9 Å². The first-order chi connectivity index (χ1) is 10.1. The van der Waals surface area contributed by atoms with Crippen LogP contribution in [0.25, 0.3) is 0 Å². The van der Waals surface area contributed by atoms with Crippen LogP contribution in [0.5, 0.6) is 0 Å². The van der Waals surface area contributed by atoms with Crippen molar-refractivity contribution in [3.63, 3.8) is 0 Å². The summed E-state index contributed by atoms with van der Waals surface area (Å²) in [4.78, 5) is 24.8. The van der Waals surface area contributed by atoms with E-state index in [4.69, 9.17) is 0 Å². The normalized spacial score (nSPS) is 27.8. The minimum Gasteiger partial charge on any atom is -0.347 e. The lowest BCUT2D eigenvalue weighted by Gasteiger charge is -2.22. The van der Waals surface area contributed by atoms with Crippen molar-refractivity contribution in [2.24, 2.45) is 5.92 Å². The average molecular weight is 290 g/mol. The van der Waals surface area contributed by atoms with Gasteiger partial charge in [-0.1, -0.05) is 6.92 Å². The number of amides is 1. The van der Waals surface area contributed by atoms with Crippen LogP contribution < -0.4 is 15.8 Å². The van der Waals surface area contributed by atoms with E-state index in [0.29, 0.717) is 0 Å². The topological polar surface area (TPSA) is 73.4 Å². The summed E-state index contributed by atoms with van der Waals surface area (Å²) < 4.78 is 0. The molecule has 2 saturated heterocycles. The first-order valence-corrected chi connectivity index (χ1v) is 7.38. The Morgan fingerprint density at radius 3 is 2.67 bits per heavy atom. The van der Waals surface area contributed by atoms with Gasteiger partial charge < -0.3 is 9.80 Å². The predicted molar refractivity (Wildman–Crippen MR) is 79.7 cm³/mol. The van der Waals surface area contributed by atoms with Crippen LogP contribution >= 0.6 is 0 Å². The van der Waals surface area contributed by atoms with Crippen molar-refractivity contribution in [2.75, 3.05) is 32.1 Å². The number of hydrogen-bond acceptors (Lipinski definition) is 6. The molecule has 0 bridgehead atoms. The zero-order chi connectivity index (χ0) is 15.0. The van der Waals surface area contributed by atoms with Gasteiger partial charge >= 0.3 is 0 Å². The van der Waals surface area contributed by atoms with Gasteiger partial charge in [0.2, 0.25) is 11.9 Å². The number of fused-ring (bicyclic) bond motifs is 1. The maximum atomic E-state index is 12.2. The first-order valence-electron chi connectivity index (χ1n) is 7.38. The Balaban J connectivity index is 1.71. The molecule has 2 fully saturated rings. The molecule has 1 aromatic heterocycles. The number of carbonyl (C=O) groups is 1. The highest BCUT2D eigenvalue weighted by atomic mass is 16.2. The SMILES string of the molecule is CCc1cnc(N2CC3NNC(C(=O)N(C)C)C3C2)nc1. The molecular weight excluding hydrogens is 268 g/mol. The average Bonchev–Trinajstić information content (AvgIpc) is 3.06. The van der Waals surface area contributed by atoms with Gasteiger partial charge in [-0.15, -0.1) is 0 Å². The number of carbonyl (C=O) groups excluding carboxylic acids is 1. The molecule has 0 spiro atoms. The quantitative estimate of drug-likeness (QED) is 0.775. The van der Waals surface area contributed by atoms with Crippen LogP contribution in [0.1, 0.15) is 12.5 Å². The van der Waals surface area contributed by atoms with Gasteiger partial charge in [-0.25, -0.2) is 15.4 Å². The molecule has 7 nitrogen and oxygen atoms in total. The Morgan fingerprint density at radius 1 is 1.33 bits per heavy atom. The molecule has 0 saturated carbocycles. The largest absolute Gasteiger partial charge is 0.347 e. The molecule has 0 aliphatic carbocycles. The number of hydrogen-bond donors (Lipinski definition) is 2. The lowest BCUT2D eigenvalue weighted by Crippen LogP contribution is -2.47. The van der Waals surface area contributed by atoms with Gasteiger partial charge in [0.25, 0.3) is 0 Å². The van der Waals surface area contributed by atoms with E-state index < -0.39 is 0 Å². The van der Waals surface area contributed by atoms with Gasteiger partial charge in [0.15, 0.2) is 0 Å². The van der Waals surface area contributed by atoms with E-state index in [1.165, 1.54) is 0 Å². The van der Waals surface area contributed by atoms with Crippen molar-refractivity contribution in [3.8, 4) is 0 Å². The number of aromatic nitrogens is 2. The first kappa shape index (κ1) is 14.2. The highest BCUT2D eigenvalue weighted by Gasteiger charge is 2.46. The van der Waals surface area contributed by atoms with E-state index in [1.54, 1.807) is 19.0 Å². The van der Waals surface area contributed by atoms with Crippen LogP contribution in [0.15, 0.2) is 12.4 Å². The summed E-state index contributed by atoms with van der Waals surface area (Å²) >= 11 is 0. The number of aryl methyl sites for hydroxylation is 1. The zero-order valence-corrected chi connectivity index (χ0v) is 12.7. The molecule has 3 unspecified atom stereocenters. The second kappa shape index (κ2) is 5.57. The Labute approximate surface area is 124 Å². The molecule has 3 atom stereocenters. The van der Waals surface area contributed by atoms with Crippen molar-refractivity contribution in [3.05, 3.63) is 18.0 Å². The molecule has 7 heteroatoms. The Kier molecular flexibility index (Phi) is 3.77. The van der Waals surface area contributed by atoms with Crippen LogP contribution in [0.3, 0.4) is 0 Å². The monoisotopic (exact) mass is 290 g/mol. The smallest absolute Gasteiger partial charge is 0.240 e. The number of hydrazine groups is 1. The molecule has 3 heterocycles. The third kappa shape index (κ3) is 2.58. The van der Waals surface area contributed by atoms with Gasteiger partial charge in [0.05, 0.1) is 0 Å². The van der Waals surface area contributed by atoms with Crippen LogP contribution in [0, 0.1) is 5.92 Å². The number of anilines is 1. The zero-order valence-electron chi connectivity index (χ0n) is 12.7. The molecular formula is C14H22N6O. The van der Waals surface area contributed by atoms with Gasteiger partial charge in [-0.3, -0.25) is 10.2 Å². The molecule has 2 N–H and O–H groups in total. The number of likely N-dealkylation sites (N-methyl/N-ethyl adjacent to an activating group) is 1. The lowest BCUT2D eigenvalue weighted by molar-refractivity contribution is -0.131. The molecule has 0 aromatic carbocycles. The summed E-state index contributed by atoms with van der Waals surface area (Å²) in [6.07, 6.45) is 4.70. The fraction of sp³-hybridized carbons (Fsp3) is 0.643. The van der Waals surface area contributed by atoms with Crippen LogP contribution in [0.2, 0.25) is 0 Å². The second-order valence-electron chi connectivity index (χ2n) is 5.92. The summed E-state index contributed by atoms with van der Waals surface area (Å²) in [5.41, 5.74) is 7.49. The van der Waals surface area contributed by atoms with E-state index in [9.17, 15) is 4.79 Å². The maximum Gasteiger partial charge on any atom is 0.240 e. The minimum atomic E-state index is -0.176. The lowest BCUT2D eigenvalue weighted by atomic mass is 9.97. The van der Waals surface area contributed by atoms with Gasteiger partial charge in [-0.05, 0) is 12.0 Å². The van der Waals surface area contributed by atoms with Gasteiger partial charge in [0.1, 0.15) is 6.04 Å². The third-order valence-electron chi connectivity index (χ3n) is 4.31. The van der Waals surface area contributed by atoms with Crippen LogP contribution in [0.4, 0.5) is 5.95 Å². The summed E-state index contributed by atoms with van der Waals surface area (Å²) in [6, 6.07) is 0.0817. The molecule has 2 aliphatic heterocycles. The van der Waals surface area contributed by atoms with E-state index in [0.717, 1.165) is 31.0 Å². The summed E-state index contributed by atoms with van der Waals surface area (Å²) in [5, 5.41) is 0. The molecule has 2 aliphatic rings. The van der Waals surface area contributed by atoms with Crippen molar-refractivity contribution in [1.29, 1.82) is 0 Å². The van der Waals surface area contributed by atoms with Crippen molar-refractivity contribution < 1.29 is 4.79 Å².